The van der Waals surface area contributed by atoms with Crippen molar-refractivity contribution in [3.8, 4) is 0 Å². The average molecular weight is 236 g/mol. The summed E-state index contributed by atoms with van der Waals surface area (Å²) in [5.74, 6) is 0.775. The second-order valence-electron chi connectivity index (χ2n) is 3.29. The van der Waals surface area contributed by atoms with Crippen LogP contribution in [0, 0.1) is 6.92 Å². The zero-order valence-electron chi connectivity index (χ0n) is 9.38. The van der Waals surface area contributed by atoms with Crippen molar-refractivity contribution in [3.05, 3.63) is 17.6 Å². The zero-order chi connectivity index (χ0) is 11.5. The molecule has 84 valence electrons. The van der Waals surface area contributed by atoms with E-state index in [0.717, 1.165) is 28.1 Å². The highest BCUT2D eigenvalue weighted by atomic mass is 32.2. The summed E-state index contributed by atoms with van der Waals surface area (Å²) in [5, 5.41) is 12.9. The van der Waals surface area contributed by atoms with Gasteiger partial charge in [0.15, 0.2) is 0 Å². The number of tetrazole rings is 1. The number of nitrogens with zero attached hydrogens (tertiary/aromatic N) is 6. The van der Waals surface area contributed by atoms with Crippen LogP contribution in [-0.2, 0) is 13.5 Å². The van der Waals surface area contributed by atoms with Gasteiger partial charge in [0.05, 0.1) is 0 Å². The van der Waals surface area contributed by atoms with Crippen molar-refractivity contribution in [2.24, 2.45) is 7.05 Å². The van der Waals surface area contributed by atoms with Crippen molar-refractivity contribution in [1.82, 2.24) is 30.2 Å². The van der Waals surface area contributed by atoms with Crippen LogP contribution >= 0.6 is 11.8 Å². The maximum atomic E-state index is 4.34. The fourth-order valence-corrected chi connectivity index (χ4v) is 2.04. The Kier molecular flexibility index (Phi) is 3.14. The lowest BCUT2D eigenvalue weighted by atomic mass is 10.3. The molecule has 2 rings (SSSR count). The van der Waals surface area contributed by atoms with Gasteiger partial charge in [-0.3, -0.25) is 0 Å². The van der Waals surface area contributed by atoms with Gasteiger partial charge in [0.2, 0.25) is 5.16 Å². The van der Waals surface area contributed by atoms with Gasteiger partial charge in [-0.2, -0.15) is 0 Å². The fourth-order valence-electron chi connectivity index (χ4n) is 1.23. The highest BCUT2D eigenvalue weighted by Crippen LogP contribution is 2.23. The second kappa shape index (κ2) is 4.56. The molecular weight excluding hydrogens is 224 g/mol. The van der Waals surface area contributed by atoms with Gasteiger partial charge in [-0.15, -0.1) is 5.10 Å². The molecular formula is C9H12N6S. The summed E-state index contributed by atoms with van der Waals surface area (Å²) in [5.41, 5.74) is 1.03. The Labute approximate surface area is 97.5 Å². The standard InChI is InChI=1S/C9H12N6S/c1-4-7-5-8(11-6(2)10-7)16-9-12-13-14-15(9)3/h5H,4H2,1-3H3. The van der Waals surface area contributed by atoms with Crippen molar-refractivity contribution in [1.29, 1.82) is 0 Å². The van der Waals surface area contributed by atoms with E-state index in [0.29, 0.717) is 0 Å². The molecule has 0 aliphatic rings. The molecule has 0 saturated heterocycles. The molecule has 6 nitrogen and oxygen atoms in total. The Hall–Kier alpha value is -1.50. The van der Waals surface area contributed by atoms with Crippen LogP contribution in [0.1, 0.15) is 18.4 Å². The minimum absolute atomic E-state index is 0.722. The first-order chi connectivity index (χ1) is 7.69. The number of aromatic nitrogens is 6. The molecule has 0 unspecified atom stereocenters. The van der Waals surface area contributed by atoms with Crippen LogP contribution in [0.2, 0.25) is 0 Å². The van der Waals surface area contributed by atoms with E-state index in [-0.39, 0.29) is 0 Å². The van der Waals surface area contributed by atoms with Gasteiger partial charge in [0.1, 0.15) is 10.9 Å². The van der Waals surface area contributed by atoms with Crippen molar-refractivity contribution < 1.29 is 0 Å². The third-order valence-electron chi connectivity index (χ3n) is 2.01. The Morgan fingerprint density at radius 3 is 2.81 bits per heavy atom. The molecule has 0 spiro atoms. The van der Waals surface area contributed by atoms with Gasteiger partial charge >= 0.3 is 0 Å². The first kappa shape index (κ1) is 11.0. The second-order valence-corrected chi connectivity index (χ2v) is 4.27. The summed E-state index contributed by atoms with van der Waals surface area (Å²) in [6.07, 6.45) is 0.897. The van der Waals surface area contributed by atoms with Gasteiger partial charge in [0, 0.05) is 12.7 Å². The zero-order valence-corrected chi connectivity index (χ0v) is 10.2. The van der Waals surface area contributed by atoms with Crippen LogP contribution in [0.5, 0.6) is 0 Å². The lowest BCUT2D eigenvalue weighted by Crippen LogP contribution is -1.97. The van der Waals surface area contributed by atoms with E-state index in [1.165, 1.54) is 11.8 Å². The number of rotatable bonds is 3. The highest BCUT2D eigenvalue weighted by molar-refractivity contribution is 7.99. The number of aryl methyl sites for hydroxylation is 3. The first-order valence-corrected chi connectivity index (χ1v) is 5.75. The molecule has 0 bridgehead atoms. The number of hydrogen-bond acceptors (Lipinski definition) is 6. The smallest absolute Gasteiger partial charge is 0.215 e. The molecule has 7 heteroatoms. The molecule has 0 aromatic carbocycles. The molecule has 0 amide bonds. The van der Waals surface area contributed by atoms with E-state index in [4.69, 9.17) is 0 Å². The summed E-state index contributed by atoms with van der Waals surface area (Å²) in [6.45, 7) is 3.96. The van der Waals surface area contributed by atoms with Crippen LogP contribution in [0.15, 0.2) is 16.2 Å². The van der Waals surface area contributed by atoms with Crippen LogP contribution < -0.4 is 0 Å². The van der Waals surface area contributed by atoms with Crippen molar-refractivity contribution in [2.45, 2.75) is 30.5 Å². The molecule has 2 heterocycles. The Morgan fingerprint density at radius 1 is 1.38 bits per heavy atom. The molecule has 2 aromatic rings. The van der Waals surface area contributed by atoms with Gasteiger partial charge < -0.3 is 0 Å². The normalized spacial score (nSPS) is 10.7. The molecule has 0 radical (unpaired) electrons. The van der Waals surface area contributed by atoms with E-state index >= 15 is 0 Å². The average Bonchev–Trinajstić information content (AvgIpc) is 2.63. The Morgan fingerprint density at radius 2 is 2.19 bits per heavy atom. The summed E-state index contributed by atoms with van der Waals surface area (Å²) in [6, 6.07) is 1.96. The summed E-state index contributed by atoms with van der Waals surface area (Å²) < 4.78 is 1.62. The predicted octanol–water partition coefficient (Wildman–Crippen LogP) is 1.02. The van der Waals surface area contributed by atoms with Gasteiger partial charge in [-0.25, -0.2) is 14.6 Å². The minimum atomic E-state index is 0.722. The van der Waals surface area contributed by atoms with Crippen LogP contribution in [0.3, 0.4) is 0 Å². The van der Waals surface area contributed by atoms with E-state index in [2.05, 4.69) is 32.4 Å². The summed E-state index contributed by atoms with van der Waals surface area (Å²) >= 11 is 1.44. The van der Waals surface area contributed by atoms with Gasteiger partial charge in [0.25, 0.3) is 0 Å². The van der Waals surface area contributed by atoms with Gasteiger partial charge in [-0.05, 0) is 41.6 Å². The maximum absolute atomic E-state index is 4.34. The minimum Gasteiger partial charge on any atom is -0.238 e. The SMILES string of the molecule is CCc1cc(Sc2nnnn2C)nc(C)n1. The molecule has 16 heavy (non-hydrogen) atoms. The molecule has 0 aliphatic carbocycles. The van der Waals surface area contributed by atoms with E-state index in [9.17, 15) is 0 Å². The van der Waals surface area contributed by atoms with Crippen molar-refractivity contribution in [2.75, 3.05) is 0 Å². The van der Waals surface area contributed by atoms with Crippen molar-refractivity contribution >= 4 is 11.8 Å². The Balaban J connectivity index is 2.28. The highest BCUT2D eigenvalue weighted by Gasteiger charge is 2.07. The van der Waals surface area contributed by atoms with Gasteiger partial charge in [-0.1, -0.05) is 6.92 Å². The van der Waals surface area contributed by atoms with Crippen LogP contribution in [0.25, 0.3) is 0 Å². The summed E-state index contributed by atoms with van der Waals surface area (Å²) in [4.78, 5) is 8.66. The molecule has 2 aromatic heterocycles. The fraction of sp³-hybridized carbons (Fsp3) is 0.444. The molecule has 0 N–H and O–H groups in total. The Bertz CT molecular complexity index is 494. The monoisotopic (exact) mass is 236 g/mol. The largest absolute Gasteiger partial charge is 0.238 e. The molecule has 0 saturated carbocycles. The van der Waals surface area contributed by atoms with Crippen molar-refractivity contribution in [3.63, 3.8) is 0 Å². The molecule has 0 atom stereocenters. The van der Waals surface area contributed by atoms with Crippen LogP contribution in [-0.4, -0.2) is 30.2 Å². The third kappa shape index (κ3) is 2.35. The predicted molar refractivity (Wildman–Crippen MR) is 59.1 cm³/mol. The third-order valence-corrected chi connectivity index (χ3v) is 2.95. The number of hydrogen-bond donors (Lipinski definition) is 0. The van der Waals surface area contributed by atoms with Crippen LogP contribution in [0.4, 0.5) is 0 Å². The summed E-state index contributed by atoms with van der Waals surface area (Å²) in [7, 11) is 1.80. The van der Waals surface area contributed by atoms with E-state index in [1.54, 1.807) is 11.7 Å². The lowest BCUT2D eigenvalue weighted by molar-refractivity contribution is 0.664. The quantitative estimate of drug-likeness (QED) is 0.741. The van der Waals surface area contributed by atoms with E-state index in [1.807, 2.05) is 13.0 Å². The maximum Gasteiger partial charge on any atom is 0.215 e. The van der Waals surface area contributed by atoms with E-state index < -0.39 is 0 Å². The molecule has 0 aliphatic heterocycles. The topological polar surface area (TPSA) is 69.4 Å². The molecule has 0 fully saturated rings. The lowest BCUT2D eigenvalue weighted by Gasteiger charge is -2.02. The first-order valence-electron chi connectivity index (χ1n) is 4.94.